The van der Waals surface area contributed by atoms with Gasteiger partial charge in [-0.05, 0) is 60.7 Å². The number of methoxy groups -OCH3 is 1. The Bertz CT molecular complexity index is 2130. The van der Waals surface area contributed by atoms with Crippen LogP contribution in [0, 0.1) is 5.82 Å². The summed E-state index contributed by atoms with van der Waals surface area (Å²) >= 11 is 7.89. The number of nitrogens with zero attached hydrogens (tertiary/aromatic N) is 6. The van der Waals surface area contributed by atoms with Crippen LogP contribution in [0.1, 0.15) is 27.0 Å². The van der Waals surface area contributed by atoms with Crippen LogP contribution in [0.4, 0.5) is 14.9 Å². The third kappa shape index (κ3) is 8.24. The van der Waals surface area contributed by atoms with Crippen molar-refractivity contribution in [2.75, 3.05) is 71.0 Å². The average Bonchev–Trinajstić information content (AvgIpc) is 3.86. The summed E-state index contributed by atoms with van der Waals surface area (Å²) in [4.78, 5) is 56.2. The smallest absolute Gasteiger partial charge is 0.338 e. The van der Waals surface area contributed by atoms with Crippen molar-refractivity contribution in [1.29, 1.82) is 0 Å². The van der Waals surface area contributed by atoms with Gasteiger partial charge in [0.2, 0.25) is 0 Å². The van der Waals surface area contributed by atoms with Crippen LogP contribution in [0.25, 0.3) is 0 Å². The zero-order valence-electron chi connectivity index (χ0n) is 30.3. The van der Waals surface area contributed by atoms with Gasteiger partial charge in [0.25, 0.3) is 5.91 Å². The number of urea groups is 1. The van der Waals surface area contributed by atoms with Gasteiger partial charge >= 0.3 is 12.0 Å². The number of anilines is 1. The average molecular weight is 804 g/mol. The normalized spacial score (nSPS) is 18.4. The van der Waals surface area contributed by atoms with Crippen molar-refractivity contribution >= 4 is 52.4 Å². The number of aliphatic hydroxyl groups is 2. The molecule has 2 fully saturated rings. The number of amides is 3. The zero-order chi connectivity index (χ0) is 39.3. The molecular weight excluding hydrogens is 765 g/mol. The quantitative estimate of drug-likeness (QED) is 0.167. The Morgan fingerprint density at radius 3 is 2.38 bits per heavy atom. The van der Waals surface area contributed by atoms with Crippen molar-refractivity contribution in [2.45, 2.75) is 12.1 Å². The van der Waals surface area contributed by atoms with Crippen molar-refractivity contribution in [3.05, 3.63) is 117 Å². The van der Waals surface area contributed by atoms with E-state index in [0.717, 1.165) is 0 Å². The van der Waals surface area contributed by atoms with Crippen molar-refractivity contribution in [3.8, 4) is 11.5 Å². The van der Waals surface area contributed by atoms with Crippen LogP contribution in [0.5, 0.6) is 11.5 Å². The van der Waals surface area contributed by atoms with Gasteiger partial charge in [0.15, 0.2) is 10.8 Å². The summed E-state index contributed by atoms with van der Waals surface area (Å²) in [7, 11) is 1.30. The Hall–Kier alpha value is -5.39. The predicted molar refractivity (Wildman–Crippen MR) is 208 cm³/mol. The Balaban J connectivity index is 1.04. The molecule has 4 heterocycles. The molecule has 0 radical (unpaired) electrons. The molecule has 4 aromatic rings. The van der Waals surface area contributed by atoms with Crippen molar-refractivity contribution in [1.82, 2.24) is 25.0 Å². The lowest BCUT2D eigenvalue weighted by molar-refractivity contribution is -0.136. The van der Waals surface area contributed by atoms with Crippen molar-refractivity contribution < 1.29 is 38.5 Å². The number of aliphatic hydroxyl groups excluding tert-OH is 2. The Morgan fingerprint density at radius 1 is 1.02 bits per heavy atom. The van der Waals surface area contributed by atoms with Crippen LogP contribution in [0.2, 0.25) is 5.02 Å². The van der Waals surface area contributed by atoms with Crippen molar-refractivity contribution in [2.24, 2.45) is 4.99 Å². The highest BCUT2D eigenvalue weighted by Crippen LogP contribution is 2.37. The molecular formula is C39H39ClFN7O7S. The first kappa shape index (κ1) is 38.9. The standard InChI is InChI=1S/C39H39ClFN7O7S/c1-54-38(52)33-32(43-35(36-42-12-19-56-36)44-34(33)30-11-4-25(41)20-31(30)40)23-45-13-14-47-27(21-45)22-48(39(47)53)26-5-9-29(10-6-26)55-28-7-2-24(3-8-28)37(51)46(15-17-49)16-18-50/h2-12,19-20,27,34,49-50H,13-18,21-23H2,1H3,(H,43,44)/t27-,34-/m0/s1. The summed E-state index contributed by atoms with van der Waals surface area (Å²) in [6.07, 6.45) is 1.66. The number of hydrogen-bond donors (Lipinski definition) is 3. The second-order valence-electron chi connectivity index (χ2n) is 13.2. The van der Waals surface area contributed by atoms with Crippen LogP contribution in [0.3, 0.4) is 0 Å². The monoisotopic (exact) mass is 803 g/mol. The number of hydrogen-bond acceptors (Lipinski definition) is 12. The Morgan fingerprint density at radius 2 is 1.73 bits per heavy atom. The zero-order valence-corrected chi connectivity index (χ0v) is 31.9. The number of esters is 1. The molecule has 292 valence electrons. The fraction of sp³-hybridized carbons (Fsp3) is 0.308. The third-order valence-corrected chi connectivity index (χ3v) is 10.9. The first-order valence-corrected chi connectivity index (χ1v) is 19.1. The van der Waals surface area contributed by atoms with Crippen LogP contribution in [0.15, 0.2) is 94.6 Å². The first-order chi connectivity index (χ1) is 27.2. The molecule has 3 aliphatic rings. The van der Waals surface area contributed by atoms with E-state index in [-0.39, 0.29) is 54.9 Å². The number of carbonyl (C=O) groups is 3. The predicted octanol–water partition coefficient (Wildman–Crippen LogP) is 4.30. The molecule has 0 spiro atoms. The Labute approximate surface area is 331 Å². The number of halogens is 2. The topological polar surface area (TPSA) is 160 Å². The lowest BCUT2D eigenvalue weighted by atomic mass is 9.95. The van der Waals surface area contributed by atoms with E-state index in [4.69, 9.17) is 26.1 Å². The molecule has 1 aromatic heterocycles. The summed E-state index contributed by atoms with van der Waals surface area (Å²) in [6, 6.07) is 16.7. The van der Waals surface area contributed by atoms with Gasteiger partial charge in [0.1, 0.15) is 23.4 Å². The number of amidine groups is 1. The van der Waals surface area contributed by atoms with E-state index < -0.39 is 17.8 Å². The SMILES string of the molecule is COC(=O)C1=C(CN2CCN3C(=O)N(c4ccc(Oc5ccc(C(=O)N(CCO)CCO)cc5)cc4)C[C@@H]3C2)NC(c2nccs2)=N[C@H]1c1ccc(F)cc1Cl. The minimum Gasteiger partial charge on any atom is -0.466 e. The van der Waals surface area contributed by atoms with E-state index in [0.29, 0.717) is 77.6 Å². The number of aromatic nitrogens is 1. The minimum absolute atomic E-state index is 0.102. The number of piperazine rings is 1. The highest BCUT2D eigenvalue weighted by molar-refractivity contribution is 7.11. The second kappa shape index (κ2) is 17.2. The molecule has 17 heteroatoms. The fourth-order valence-corrected chi connectivity index (χ4v) is 7.92. The highest BCUT2D eigenvalue weighted by atomic mass is 35.5. The summed E-state index contributed by atoms with van der Waals surface area (Å²) in [5.74, 6) is 0.0937. The molecule has 0 unspecified atom stereocenters. The largest absolute Gasteiger partial charge is 0.466 e. The maximum absolute atomic E-state index is 14.1. The molecule has 14 nitrogen and oxygen atoms in total. The molecule has 0 saturated carbocycles. The number of aliphatic imine (C=N–C) groups is 1. The number of benzene rings is 3. The molecule has 2 atom stereocenters. The number of carbonyl (C=O) groups excluding carboxylic acids is 3. The molecule has 7 rings (SSSR count). The fourth-order valence-electron chi connectivity index (χ4n) is 7.06. The lowest BCUT2D eigenvalue weighted by Gasteiger charge is -2.38. The highest BCUT2D eigenvalue weighted by Gasteiger charge is 2.42. The number of nitrogens with one attached hydrogen (secondary N) is 1. The van der Waals surface area contributed by atoms with Gasteiger partial charge in [-0.3, -0.25) is 19.6 Å². The van der Waals surface area contributed by atoms with Crippen LogP contribution in [-0.2, 0) is 9.53 Å². The summed E-state index contributed by atoms with van der Waals surface area (Å²) in [6.45, 7) is 2.13. The molecule has 56 heavy (non-hydrogen) atoms. The maximum Gasteiger partial charge on any atom is 0.338 e. The third-order valence-electron chi connectivity index (χ3n) is 9.75. The second-order valence-corrected chi connectivity index (χ2v) is 14.5. The summed E-state index contributed by atoms with van der Waals surface area (Å²) in [5.41, 5.74) is 2.37. The van der Waals surface area contributed by atoms with Gasteiger partial charge in [-0.1, -0.05) is 17.7 Å². The van der Waals surface area contributed by atoms with Gasteiger partial charge in [0.05, 0.1) is 31.9 Å². The van der Waals surface area contributed by atoms with E-state index in [1.54, 1.807) is 47.5 Å². The van der Waals surface area contributed by atoms with E-state index in [1.807, 2.05) is 22.4 Å². The molecule has 3 N–H and O–H groups in total. The van der Waals surface area contributed by atoms with E-state index >= 15 is 0 Å². The van der Waals surface area contributed by atoms with Gasteiger partial charge in [-0.15, -0.1) is 11.3 Å². The van der Waals surface area contributed by atoms with Crippen LogP contribution in [-0.4, -0.2) is 126 Å². The molecule has 3 amide bonds. The molecule has 0 aliphatic carbocycles. The molecule has 3 aromatic carbocycles. The number of ether oxygens (including phenoxy) is 2. The molecule has 0 bridgehead atoms. The van der Waals surface area contributed by atoms with Gasteiger partial charge in [0, 0.05) is 84.9 Å². The number of rotatable bonds is 13. The van der Waals surface area contributed by atoms with E-state index in [2.05, 4.69) is 15.2 Å². The summed E-state index contributed by atoms with van der Waals surface area (Å²) < 4.78 is 25.3. The molecule has 3 aliphatic heterocycles. The van der Waals surface area contributed by atoms with Gasteiger partial charge in [-0.25, -0.2) is 19.0 Å². The van der Waals surface area contributed by atoms with Gasteiger partial charge < -0.3 is 34.8 Å². The van der Waals surface area contributed by atoms with E-state index in [9.17, 15) is 29.0 Å². The van der Waals surface area contributed by atoms with Crippen LogP contribution < -0.4 is 15.0 Å². The van der Waals surface area contributed by atoms with Gasteiger partial charge in [-0.2, -0.15) is 0 Å². The summed E-state index contributed by atoms with van der Waals surface area (Å²) in [5, 5.41) is 24.4. The number of fused-ring (bicyclic) bond motifs is 1. The first-order valence-electron chi connectivity index (χ1n) is 17.9. The lowest BCUT2D eigenvalue weighted by Crippen LogP contribution is -2.53. The maximum atomic E-state index is 14.1. The minimum atomic E-state index is -0.878. The number of thiazole rings is 1. The van der Waals surface area contributed by atoms with Crippen LogP contribution >= 0.6 is 22.9 Å². The Kier molecular flexibility index (Phi) is 11.9. The molecule has 2 saturated heterocycles. The van der Waals surface area contributed by atoms with E-state index in [1.165, 1.54) is 41.5 Å². The van der Waals surface area contributed by atoms with Crippen molar-refractivity contribution in [3.63, 3.8) is 0 Å².